The maximum atomic E-state index is 14.1. The minimum Gasteiger partial charge on any atom is -0.483 e. The van der Waals surface area contributed by atoms with Gasteiger partial charge in [0.25, 0.3) is 5.56 Å². The lowest BCUT2D eigenvalue weighted by atomic mass is 9.87. The van der Waals surface area contributed by atoms with Gasteiger partial charge in [0.15, 0.2) is 0 Å². The van der Waals surface area contributed by atoms with E-state index in [0.29, 0.717) is 12.1 Å². The number of hydrogen-bond acceptors (Lipinski definition) is 3. The van der Waals surface area contributed by atoms with Gasteiger partial charge in [0.2, 0.25) is 0 Å². The van der Waals surface area contributed by atoms with Gasteiger partial charge in [-0.1, -0.05) is 6.07 Å². The van der Waals surface area contributed by atoms with Crippen molar-refractivity contribution >= 4 is 11.6 Å². The number of aromatic nitrogens is 1. The molecule has 2 aromatic rings. The summed E-state index contributed by atoms with van der Waals surface area (Å²) in [6.45, 7) is 2.01. The number of likely N-dealkylation sites (N-methyl/N-ethyl adjacent to an activating group) is 1. The summed E-state index contributed by atoms with van der Waals surface area (Å²) in [6.07, 6.45) is -10.0. The zero-order valence-electron chi connectivity index (χ0n) is 18.4. The molecule has 190 valence electrons. The number of carbonyl (C=O) groups excluding carboxylic acids is 1. The number of carbonyl (C=O) groups is 1. The lowest BCUT2D eigenvalue weighted by Gasteiger charge is -2.39. The summed E-state index contributed by atoms with van der Waals surface area (Å²) in [7, 11) is 0.827. The smallest absolute Gasteiger partial charge is 0.471 e. The zero-order valence-corrected chi connectivity index (χ0v) is 18.4. The van der Waals surface area contributed by atoms with Gasteiger partial charge < -0.3 is 9.64 Å². The van der Waals surface area contributed by atoms with Crippen molar-refractivity contribution in [1.29, 1.82) is 0 Å². The van der Waals surface area contributed by atoms with Gasteiger partial charge in [0.05, 0.1) is 5.70 Å². The monoisotopic (exact) mass is 510 g/mol. The molecule has 0 aliphatic carbocycles. The Hall–Kier alpha value is -3.38. The summed E-state index contributed by atoms with van der Waals surface area (Å²) in [5.41, 5.74) is -4.50. The molecule has 0 unspecified atom stereocenters. The fourth-order valence-electron chi connectivity index (χ4n) is 3.63. The minimum atomic E-state index is -5.94. The van der Waals surface area contributed by atoms with Crippen LogP contribution in [0.15, 0.2) is 53.0 Å². The van der Waals surface area contributed by atoms with E-state index in [2.05, 4.69) is 0 Å². The highest BCUT2D eigenvalue weighted by Gasteiger charge is 2.59. The number of nitrogens with zero attached hydrogens (tertiary/aromatic N) is 2. The normalized spacial score (nSPS) is 16.0. The number of alkyl halides is 8. The van der Waals surface area contributed by atoms with Crippen LogP contribution in [0, 0.1) is 0 Å². The van der Waals surface area contributed by atoms with E-state index in [1.54, 1.807) is 0 Å². The van der Waals surface area contributed by atoms with Crippen molar-refractivity contribution in [1.82, 2.24) is 9.47 Å². The molecule has 5 nitrogen and oxygen atoms in total. The van der Waals surface area contributed by atoms with Crippen molar-refractivity contribution in [2.75, 3.05) is 13.6 Å². The lowest BCUT2D eigenvalue weighted by Crippen LogP contribution is -2.46. The minimum absolute atomic E-state index is 0.133. The number of pyridine rings is 1. The molecule has 1 aliphatic heterocycles. The summed E-state index contributed by atoms with van der Waals surface area (Å²) >= 11 is 0. The second kappa shape index (κ2) is 8.38. The van der Waals surface area contributed by atoms with Gasteiger partial charge in [-0.15, -0.1) is 0 Å². The van der Waals surface area contributed by atoms with Crippen LogP contribution in [0.3, 0.4) is 0 Å². The second-order valence-corrected chi connectivity index (χ2v) is 8.29. The molecule has 1 amide bonds. The Kier molecular flexibility index (Phi) is 6.28. The van der Waals surface area contributed by atoms with Crippen LogP contribution in [-0.4, -0.2) is 46.9 Å². The van der Waals surface area contributed by atoms with Crippen LogP contribution in [0.25, 0.3) is 5.70 Å². The Bertz CT molecular complexity index is 1240. The van der Waals surface area contributed by atoms with Crippen molar-refractivity contribution in [3.63, 3.8) is 0 Å². The molecule has 0 bridgehead atoms. The molecule has 13 heteroatoms. The molecule has 3 rings (SSSR count). The Morgan fingerprint density at radius 2 is 1.66 bits per heavy atom. The van der Waals surface area contributed by atoms with Crippen LogP contribution in [0.1, 0.15) is 25.0 Å². The maximum absolute atomic E-state index is 14.1. The number of fused-ring (bicyclic) bond motifs is 1. The van der Waals surface area contributed by atoms with Crippen molar-refractivity contribution in [3.8, 4) is 5.75 Å². The number of rotatable bonds is 4. The van der Waals surface area contributed by atoms with E-state index in [1.165, 1.54) is 32.2 Å². The van der Waals surface area contributed by atoms with E-state index in [-0.39, 0.29) is 27.5 Å². The maximum Gasteiger partial charge on any atom is 0.471 e. The SMILES string of the molecule is CN(CC1=C(n2ccccc2=O)c2cc(C(F)(F)C(F)(F)F)ccc2OC1(C)C)C(=O)C(F)(F)F. The predicted molar refractivity (Wildman–Crippen MR) is 108 cm³/mol. The van der Waals surface area contributed by atoms with Crippen molar-refractivity contribution in [3.05, 3.63) is 69.6 Å². The molecular weight excluding hydrogens is 492 g/mol. The van der Waals surface area contributed by atoms with Crippen molar-refractivity contribution in [2.24, 2.45) is 0 Å². The average Bonchev–Trinajstić information content (AvgIpc) is 2.72. The van der Waals surface area contributed by atoms with Gasteiger partial charge in [-0.3, -0.25) is 14.2 Å². The Morgan fingerprint density at radius 1 is 1.03 bits per heavy atom. The molecule has 0 N–H and O–H groups in total. The fraction of sp³-hybridized carbons (Fsp3) is 0.364. The molecule has 2 heterocycles. The van der Waals surface area contributed by atoms with Gasteiger partial charge in [-0.25, -0.2) is 0 Å². The third kappa shape index (κ3) is 4.76. The molecule has 0 fully saturated rings. The molecular formula is C22H18F8N2O3. The largest absolute Gasteiger partial charge is 0.483 e. The van der Waals surface area contributed by atoms with Gasteiger partial charge in [-0.2, -0.15) is 35.1 Å². The number of amides is 1. The number of hydrogen-bond donors (Lipinski definition) is 0. The molecule has 35 heavy (non-hydrogen) atoms. The quantitative estimate of drug-likeness (QED) is 0.547. The van der Waals surface area contributed by atoms with E-state index in [4.69, 9.17) is 4.74 Å². The van der Waals surface area contributed by atoms with Gasteiger partial charge in [-0.05, 0) is 38.1 Å². The predicted octanol–water partition coefficient (Wildman–Crippen LogP) is 4.95. The van der Waals surface area contributed by atoms with Crippen LogP contribution in [0.2, 0.25) is 0 Å². The fourth-order valence-corrected chi connectivity index (χ4v) is 3.63. The van der Waals surface area contributed by atoms with Crippen LogP contribution in [-0.2, 0) is 10.7 Å². The van der Waals surface area contributed by atoms with Gasteiger partial charge >= 0.3 is 24.2 Å². The first-order valence-corrected chi connectivity index (χ1v) is 9.90. The average molecular weight is 510 g/mol. The van der Waals surface area contributed by atoms with Crippen LogP contribution in [0.4, 0.5) is 35.1 Å². The number of halogens is 8. The first-order valence-electron chi connectivity index (χ1n) is 9.90. The molecule has 0 atom stereocenters. The van der Waals surface area contributed by atoms with Crippen molar-refractivity contribution in [2.45, 2.75) is 37.7 Å². The van der Waals surface area contributed by atoms with E-state index in [1.807, 2.05) is 0 Å². The van der Waals surface area contributed by atoms with E-state index < -0.39 is 47.5 Å². The summed E-state index contributed by atoms with van der Waals surface area (Å²) in [5, 5.41) is 0. The van der Waals surface area contributed by atoms with E-state index >= 15 is 0 Å². The molecule has 0 saturated carbocycles. The first kappa shape index (κ1) is 26.2. The number of benzene rings is 1. The molecule has 0 spiro atoms. The standard InChI is InChI=1S/C22H18F8N2O3/c1-19(2)14(11-31(3)18(34)21(25,26)27)17(32-9-5-4-6-16(32)33)13-10-12(7-8-15(13)35-19)20(23,24)22(28,29)30/h4-10H,11H2,1-3H3. The van der Waals surface area contributed by atoms with Crippen LogP contribution >= 0.6 is 0 Å². The van der Waals surface area contributed by atoms with Crippen LogP contribution < -0.4 is 10.3 Å². The highest BCUT2D eigenvalue weighted by atomic mass is 19.4. The van der Waals surface area contributed by atoms with Crippen molar-refractivity contribution < 1.29 is 44.7 Å². The van der Waals surface area contributed by atoms with Crippen LogP contribution in [0.5, 0.6) is 5.75 Å². The molecule has 1 aromatic heterocycles. The second-order valence-electron chi connectivity index (χ2n) is 8.29. The Morgan fingerprint density at radius 3 is 2.20 bits per heavy atom. The summed E-state index contributed by atoms with van der Waals surface area (Å²) in [4.78, 5) is 24.6. The summed E-state index contributed by atoms with van der Waals surface area (Å²) in [6, 6.07) is 5.59. The third-order valence-electron chi connectivity index (χ3n) is 5.38. The Balaban J connectivity index is 2.34. The molecule has 1 aromatic carbocycles. The van der Waals surface area contributed by atoms with E-state index in [0.717, 1.165) is 23.7 Å². The summed E-state index contributed by atoms with van der Waals surface area (Å²) in [5.74, 6) is -7.69. The highest BCUT2D eigenvalue weighted by molar-refractivity contribution is 5.83. The third-order valence-corrected chi connectivity index (χ3v) is 5.38. The molecule has 1 aliphatic rings. The number of ether oxygens (including phenoxy) is 1. The highest BCUT2D eigenvalue weighted by Crippen LogP contribution is 2.48. The first-order chi connectivity index (χ1) is 15.9. The van der Waals surface area contributed by atoms with Gasteiger partial charge in [0.1, 0.15) is 11.4 Å². The summed E-state index contributed by atoms with van der Waals surface area (Å²) < 4.78 is 113. The van der Waals surface area contributed by atoms with Gasteiger partial charge in [0, 0.05) is 42.6 Å². The lowest BCUT2D eigenvalue weighted by molar-refractivity contribution is -0.289. The van der Waals surface area contributed by atoms with E-state index in [9.17, 15) is 44.7 Å². The topological polar surface area (TPSA) is 51.5 Å². The zero-order chi connectivity index (χ0) is 26.6. The molecule has 0 radical (unpaired) electrons. The Labute approximate surface area is 193 Å². The molecule has 0 saturated heterocycles.